The quantitative estimate of drug-likeness (QED) is 0.846. The van der Waals surface area contributed by atoms with Gasteiger partial charge in [0.2, 0.25) is 0 Å². The summed E-state index contributed by atoms with van der Waals surface area (Å²) in [5, 5.41) is 2.94. The van der Waals surface area contributed by atoms with Crippen molar-refractivity contribution in [3.8, 4) is 0 Å². The molecule has 1 atom stereocenters. The molecule has 0 saturated heterocycles. The molecule has 0 aliphatic rings. The first kappa shape index (κ1) is 14.9. The topological polar surface area (TPSA) is 24.9 Å². The number of rotatable bonds is 5. The Kier molecular flexibility index (Phi) is 5.04. The van der Waals surface area contributed by atoms with Crippen LogP contribution >= 0.6 is 11.6 Å². The van der Waals surface area contributed by atoms with Crippen LogP contribution < -0.4 is 5.32 Å². The summed E-state index contributed by atoms with van der Waals surface area (Å²) >= 11 is 5.58. The van der Waals surface area contributed by atoms with Gasteiger partial charge in [-0.15, -0.1) is 0 Å². The second kappa shape index (κ2) is 6.77. The zero-order valence-corrected chi connectivity index (χ0v) is 11.8. The number of hydrogen-bond donors (Lipinski definition) is 1. The third kappa shape index (κ3) is 3.52. The van der Waals surface area contributed by atoms with Crippen molar-refractivity contribution in [2.45, 2.75) is 19.4 Å². The number of pyridine rings is 1. The van der Waals surface area contributed by atoms with Gasteiger partial charge >= 0.3 is 0 Å². The largest absolute Gasteiger partial charge is 0.310 e. The summed E-state index contributed by atoms with van der Waals surface area (Å²) in [6.07, 6.45) is 2.16. The smallest absolute Gasteiger partial charge is 0.142 e. The van der Waals surface area contributed by atoms with Crippen LogP contribution in [0.1, 0.15) is 24.2 Å². The van der Waals surface area contributed by atoms with Crippen LogP contribution in [0.2, 0.25) is 5.02 Å². The average molecular weight is 297 g/mol. The summed E-state index contributed by atoms with van der Waals surface area (Å²) in [4.78, 5) is 4.21. The van der Waals surface area contributed by atoms with Crippen molar-refractivity contribution in [3.05, 3.63) is 64.4 Å². The van der Waals surface area contributed by atoms with E-state index in [1.54, 1.807) is 6.20 Å². The standard InChI is InChI=1S/C15H15ClF2N2/c1-2-19-15(7-10-5-3-4-6-20-10)11-8-14(18)12(16)9-13(11)17/h3-6,8-9,15,19H,2,7H2,1H3. The molecule has 2 aromatic rings. The SMILES string of the molecule is CCNC(Cc1ccccn1)c1cc(F)c(Cl)cc1F. The molecular weight excluding hydrogens is 282 g/mol. The Morgan fingerprint density at radius 3 is 2.70 bits per heavy atom. The van der Waals surface area contributed by atoms with Gasteiger partial charge in [-0.3, -0.25) is 4.98 Å². The van der Waals surface area contributed by atoms with E-state index in [1.807, 2.05) is 25.1 Å². The van der Waals surface area contributed by atoms with Crippen molar-refractivity contribution in [2.24, 2.45) is 0 Å². The van der Waals surface area contributed by atoms with Crippen molar-refractivity contribution in [2.75, 3.05) is 6.54 Å². The molecule has 5 heteroatoms. The molecule has 1 aromatic carbocycles. The first-order valence-corrected chi connectivity index (χ1v) is 6.77. The van der Waals surface area contributed by atoms with Gasteiger partial charge in [-0.25, -0.2) is 8.78 Å². The fourth-order valence-corrected chi connectivity index (χ4v) is 2.22. The van der Waals surface area contributed by atoms with Gasteiger partial charge < -0.3 is 5.32 Å². The van der Waals surface area contributed by atoms with Crippen LogP contribution in [0.3, 0.4) is 0 Å². The number of hydrogen-bond acceptors (Lipinski definition) is 2. The predicted molar refractivity (Wildman–Crippen MR) is 75.7 cm³/mol. The van der Waals surface area contributed by atoms with Crippen molar-refractivity contribution < 1.29 is 8.78 Å². The second-order valence-electron chi connectivity index (χ2n) is 4.42. The van der Waals surface area contributed by atoms with Crippen LogP contribution in [-0.2, 0) is 6.42 Å². The molecule has 0 saturated carbocycles. The van der Waals surface area contributed by atoms with E-state index < -0.39 is 11.6 Å². The molecule has 1 unspecified atom stereocenters. The Balaban J connectivity index is 2.31. The van der Waals surface area contributed by atoms with Gasteiger partial charge in [0.15, 0.2) is 0 Å². The molecule has 0 bridgehead atoms. The van der Waals surface area contributed by atoms with Crippen molar-refractivity contribution in [1.82, 2.24) is 10.3 Å². The highest BCUT2D eigenvalue weighted by Crippen LogP contribution is 2.25. The molecule has 106 valence electrons. The Morgan fingerprint density at radius 2 is 2.05 bits per heavy atom. The number of halogens is 3. The molecule has 0 amide bonds. The second-order valence-corrected chi connectivity index (χ2v) is 4.83. The maximum absolute atomic E-state index is 14.0. The molecule has 2 nitrogen and oxygen atoms in total. The lowest BCUT2D eigenvalue weighted by Gasteiger charge is -2.19. The minimum atomic E-state index is -0.619. The number of benzene rings is 1. The molecule has 1 heterocycles. The summed E-state index contributed by atoms with van der Waals surface area (Å²) in [7, 11) is 0. The number of aromatic nitrogens is 1. The highest BCUT2D eigenvalue weighted by molar-refractivity contribution is 6.30. The Labute approximate surface area is 121 Å². The van der Waals surface area contributed by atoms with Gasteiger partial charge in [-0.1, -0.05) is 24.6 Å². The van der Waals surface area contributed by atoms with E-state index in [0.717, 1.165) is 17.8 Å². The van der Waals surface area contributed by atoms with E-state index in [4.69, 9.17) is 11.6 Å². The van der Waals surface area contributed by atoms with Crippen molar-refractivity contribution in [3.63, 3.8) is 0 Å². The van der Waals surface area contributed by atoms with Gasteiger partial charge in [0.1, 0.15) is 11.6 Å². The van der Waals surface area contributed by atoms with Crippen LogP contribution in [0, 0.1) is 11.6 Å². The zero-order valence-electron chi connectivity index (χ0n) is 11.0. The summed E-state index contributed by atoms with van der Waals surface area (Å²) < 4.78 is 27.6. The van der Waals surface area contributed by atoms with E-state index in [0.29, 0.717) is 13.0 Å². The summed E-state index contributed by atoms with van der Waals surface area (Å²) in [6, 6.07) is 7.34. The first-order valence-electron chi connectivity index (χ1n) is 6.39. The Hall–Kier alpha value is -1.52. The molecule has 0 radical (unpaired) electrons. The van der Waals surface area contributed by atoms with Crippen LogP contribution in [0.4, 0.5) is 8.78 Å². The highest BCUT2D eigenvalue weighted by Gasteiger charge is 2.18. The summed E-state index contributed by atoms with van der Waals surface area (Å²) in [6.45, 7) is 2.55. The fraction of sp³-hybridized carbons (Fsp3) is 0.267. The number of nitrogens with one attached hydrogen (secondary N) is 1. The molecule has 0 aliphatic heterocycles. The molecule has 20 heavy (non-hydrogen) atoms. The van der Waals surface area contributed by atoms with E-state index in [1.165, 1.54) is 0 Å². The Bertz CT molecular complexity index is 576. The van der Waals surface area contributed by atoms with Gasteiger partial charge in [0, 0.05) is 29.9 Å². The highest BCUT2D eigenvalue weighted by atomic mass is 35.5. The Morgan fingerprint density at radius 1 is 1.25 bits per heavy atom. The van der Waals surface area contributed by atoms with E-state index >= 15 is 0 Å². The lowest BCUT2D eigenvalue weighted by molar-refractivity contribution is 0.499. The van der Waals surface area contributed by atoms with Crippen LogP contribution in [0.5, 0.6) is 0 Å². The lowest BCUT2D eigenvalue weighted by Crippen LogP contribution is -2.24. The average Bonchev–Trinajstić information content (AvgIpc) is 2.44. The molecular formula is C15H15ClF2N2. The third-order valence-electron chi connectivity index (χ3n) is 3.00. The van der Waals surface area contributed by atoms with E-state index in [9.17, 15) is 8.78 Å². The molecule has 2 rings (SSSR count). The van der Waals surface area contributed by atoms with E-state index in [2.05, 4.69) is 10.3 Å². The van der Waals surface area contributed by atoms with Crippen molar-refractivity contribution in [1.29, 1.82) is 0 Å². The monoisotopic (exact) mass is 296 g/mol. The number of likely N-dealkylation sites (N-methyl/N-ethyl adjacent to an activating group) is 1. The first-order chi connectivity index (χ1) is 9.61. The maximum atomic E-state index is 14.0. The summed E-state index contributed by atoms with van der Waals surface area (Å²) in [5.41, 5.74) is 1.08. The van der Waals surface area contributed by atoms with Gasteiger partial charge in [0.05, 0.1) is 5.02 Å². The van der Waals surface area contributed by atoms with Crippen LogP contribution in [-0.4, -0.2) is 11.5 Å². The summed E-state index contributed by atoms with van der Waals surface area (Å²) in [5.74, 6) is -1.13. The maximum Gasteiger partial charge on any atom is 0.142 e. The van der Waals surface area contributed by atoms with E-state index in [-0.39, 0.29) is 16.6 Å². The third-order valence-corrected chi connectivity index (χ3v) is 3.29. The molecule has 0 spiro atoms. The van der Waals surface area contributed by atoms with Crippen LogP contribution in [0.25, 0.3) is 0 Å². The van der Waals surface area contributed by atoms with Gasteiger partial charge in [-0.2, -0.15) is 0 Å². The van der Waals surface area contributed by atoms with Gasteiger partial charge in [-0.05, 0) is 30.8 Å². The molecule has 0 fully saturated rings. The normalized spacial score (nSPS) is 12.4. The minimum absolute atomic E-state index is 0.209. The number of nitrogens with zero attached hydrogens (tertiary/aromatic N) is 1. The molecule has 1 N–H and O–H groups in total. The zero-order chi connectivity index (χ0) is 14.5. The van der Waals surface area contributed by atoms with Crippen molar-refractivity contribution >= 4 is 11.6 Å². The predicted octanol–water partition coefficient (Wildman–Crippen LogP) is 3.91. The van der Waals surface area contributed by atoms with Gasteiger partial charge in [0.25, 0.3) is 0 Å². The molecule has 1 aromatic heterocycles. The molecule has 0 aliphatic carbocycles. The van der Waals surface area contributed by atoms with Crippen LogP contribution in [0.15, 0.2) is 36.5 Å². The fourth-order valence-electron chi connectivity index (χ4n) is 2.07. The minimum Gasteiger partial charge on any atom is -0.310 e. The lowest BCUT2D eigenvalue weighted by atomic mass is 10.0.